The number of benzene rings is 1. The summed E-state index contributed by atoms with van der Waals surface area (Å²) < 4.78 is 0. The smallest absolute Gasteiger partial charge is 0.230 e. The van der Waals surface area contributed by atoms with Crippen molar-refractivity contribution in [1.82, 2.24) is 4.98 Å². The fraction of sp³-hybridized carbons (Fsp3) is 0.312. The molecule has 1 N–H and O–H groups in total. The summed E-state index contributed by atoms with van der Waals surface area (Å²) in [6.07, 6.45) is 0.297. The van der Waals surface area contributed by atoms with Gasteiger partial charge in [0, 0.05) is 11.8 Å². The van der Waals surface area contributed by atoms with Gasteiger partial charge < -0.3 is 5.32 Å². The van der Waals surface area contributed by atoms with Crippen molar-refractivity contribution in [1.29, 1.82) is 0 Å². The van der Waals surface area contributed by atoms with E-state index in [0.29, 0.717) is 22.1 Å². The SMILES string of the molecule is CCSc1ccc(CC(=O)Nc2nc(C)c(C(C)=O)s2)cc1. The van der Waals surface area contributed by atoms with Crippen molar-refractivity contribution in [3.05, 3.63) is 40.4 Å². The molecule has 2 rings (SSSR count). The number of hydrogen-bond donors (Lipinski definition) is 1. The van der Waals surface area contributed by atoms with Gasteiger partial charge in [-0.2, -0.15) is 0 Å². The zero-order valence-corrected chi connectivity index (χ0v) is 14.4. The van der Waals surface area contributed by atoms with Crippen molar-refractivity contribution in [2.24, 2.45) is 0 Å². The van der Waals surface area contributed by atoms with Gasteiger partial charge >= 0.3 is 0 Å². The molecule has 1 aromatic heterocycles. The van der Waals surface area contributed by atoms with Crippen LogP contribution in [0.2, 0.25) is 0 Å². The third-order valence-electron chi connectivity index (χ3n) is 2.96. The molecule has 2 aromatic rings. The molecule has 0 aliphatic rings. The summed E-state index contributed by atoms with van der Waals surface area (Å²) in [6.45, 7) is 5.38. The van der Waals surface area contributed by atoms with Crippen molar-refractivity contribution in [2.75, 3.05) is 11.1 Å². The molecule has 0 saturated carbocycles. The second kappa shape index (κ2) is 7.56. The number of rotatable bonds is 6. The molecule has 0 aliphatic carbocycles. The van der Waals surface area contributed by atoms with Gasteiger partial charge in [0.05, 0.1) is 17.0 Å². The highest BCUT2D eigenvalue weighted by Crippen LogP contribution is 2.23. The molecule has 116 valence electrons. The van der Waals surface area contributed by atoms with Gasteiger partial charge in [0.1, 0.15) is 0 Å². The molecule has 0 spiro atoms. The number of anilines is 1. The van der Waals surface area contributed by atoms with Gasteiger partial charge in [-0.05, 0) is 30.4 Å². The van der Waals surface area contributed by atoms with Crippen LogP contribution in [0.4, 0.5) is 5.13 Å². The van der Waals surface area contributed by atoms with Gasteiger partial charge in [0.15, 0.2) is 10.9 Å². The first-order valence-corrected chi connectivity index (χ1v) is 8.79. The third-order valence-corrected chi connectivity index (χ3v) is 5.03. The second-order valence-electron chi connectivity index (χ2n) is 4.79. The van der Waals surface area contributed by atoms with Crippen LogP contribution < -0.4 is 5.32 Å². The van der Waals surface area contributed by atoms with E-state index in [1.807, 2.05) is 24.3 Å². The molecule has 0 aliphatic heterocycles. The third kappa shape index (κ3) is 4.42. The number of thiazole rings is 1. The molecule has 0 saturated heterocycles. The number of hydrogen-bond acceptors (Lipinski definition) is 5. The lowest BCUT2D eigenvalue weighted by Crippen LogP contribution is -2.14. The van der Waals surface area contributed by atoms with Gasteiger partial charge in [-0.15, -0.1) is 11.8 Å². The second-order valence-corrected chi connectivity index (χ2v) is 7.13. The normalized spacial score (nSPS) is 10.5. The molecular weight excluding hydrogens is 316 g/mol. The van der Waals surface area contributed by atoms with Gasteiger partial charge in [0.2, 0.25) is 5.91 Å². The molecular formula is C16H18N2O2S2. The molecule has 1 amide bonds. The summed E-state index contributed by atoms with van der Waals surface area (Å²) in [4.78, 5) is 29.5. The Bertz CT molecular complexity index is 678. The Morgan fingerprint density at radius 1 is 1.27 bits per heavy atom. The largest absolute Gasteiger partial charge is 0.302 e. The van der Waals surface area contributed by atoms with Gasteiger partial charge in [-0.25, -0.2) is 4.98 Å². The molecule has 0 radical (unpaired) electrons. The number of amides is 1. The summed E-state index contributed by atoms with van der Waals surface area (Å²) in [6, 6.07) is 7.98. The van der Waals surface area contributed by atoms with Crippen LogP contribution in [0.3, 0.4) is 0 Å². The Morgan fingerprint density at radius 3 is 2.50 bits per heavy atom. The molecule has 1 heterocycles. The van der Waals surface area contributed by atoms with Crippen LogP contribution in [-0.4, -0.2) is 22.4 Å². The standard InChI is InChI=1S/C16H18N2O2S2/c1-4-21-13-7-5-12(6-8-13)9-14(20)18-16-17-10(2)15(22-16)11(3)19/h5-8H,4,9H2,1-3H3,(H,17,18,20). The van der Waals surface area contributed by atoms with E-state index in [1.54, 1.807) is 18.7 Å². The van der Waals surface area contributed by atoms with Crippen molar-refractivity contribution in [3.8, 4) is 0 Å². The van der Waals surface area contributed by atoms with E-state index in [0.717, 1.165) is 11.3 Å². The highest BCUT2D eigenvalue weighted by atomic mass is 32.2. The molecule has 0 unspecified atom stereocenters. The van der Waals surface area contributed by atoms with Crippen LogP contribution in [0.5, 0.6) is 0 Å². The van der Waals surface area contributed by atoms with Crippen molar-refractivity contribution in [2.45, 2.75) is 32.1 Å². The number of ketones is 1. The van der Waals surface area contributed by atoms with Crippen molar-refractivity contribution in [3.63, 3.8) is 0 Å². The van der Waals surface area contributed by atoms with Crippen LogP contribution in [0.1, 0.15) is 34.8 Å². The first kappa shape index (κ1) is 16.7. The van der Waals surface area contributed by atoms with Crippen LogP contribution in [0.25, 0.3) is 0 Å². The number of carbonyl (C=O) groups is 2. The van der Waals surface area contributed by atoms with Crippen LogP contribution in [0.15, 0.2) is 29.2 Å². The highest BCUT2D eigenvalue weighted by molar-refractivity contribution is 7.99. The van der Waals surface area contributed by atoms with E-state index >= 15 is 0 Å². The van der Waals surface area contributed by atoms with Crippen LogP contribution in [0, 0.1) is 6.92 Å². The molecule has 1 aromatic carbocycles. The minimum atomic E-state index is -0.125. The minimum absolute atomic E-state index is 0.0282. The highest BCUT2D eigenvalue weighted by Gasteiger charge is 2.13. The number of carbonyl (C=O) groups excluding carboxylic acids is 2. The lowest BCUT2D eigenvalue weighted by atomic mass is 10.1. The average Bonchev–Trinajstić information content (AvgIpc) is 2.82. The van der Waals surface area contributed by atoms with Gasteiger partial charge in [0.25, 0.3) is 0 Å². The summed E-state index contributed by atoms with van der Waals surface area (Å²) in [5.41, 5.74) is 1.62. The topological polar surface area (TPSA) is 59.1 Å². The van der Waals surface area contributed by atoms with E-state index in [1.165, 1.54) is 23.2 Å². The fourth-order valence-corrected chi connectivity index (χ4v) is 3.54. The predicted octanol–water partition coefficient (Wildman–Crippen LogP) is 3.95. The number of nitrogens with zero attached hydrogens (tertiary/aromatic N) is 1. The number of aromatic nitrogens is 1. The first-order valence-electron chi connectivity index (χ1n) is 6.99. The molecule has 0 atom stereocenters. The van der Waals surface area contributed by atoms with Crippen LogP contribution in [-0.2, 0) is 11.2 Å². The van der Waals surface area contributed by atoms with Gasteiger partial charge in [-0.1, -0.05) is 30.4 Å². The Morgan fingerprint density at radius 2 is 1.95 bits per heavy atom. The van der Waals surface area contributed by atoms with Gasteiger partial charge in [-0.3, -0.25) is 9.59 Å². The average molecular weight is 334 g/mol. The number of thioether (sulfide) groups is 1. The molecule has 4 nitrogen and oxygen atoms in total. The Kier molecular flexibility index (Phi) is 5.74. The molecule has 22 heavy (non-hydrogen) atoms. The summed E-state index contributed by atoms with van der Waals surface area (Å²) in [5.74, 6) is 0.876. The predicted molar refractivity (Wildman–Crippen MR) is 92.0 cm³/mol. The molecule has 0 fully saturated rings. The Labute approximate surface area is 138 Å². The van der Waals surface area contributed by atoms with Crippen molar-refractivity contribution < 1.29 is 9.59 Å². The minimum Gasteiger partial charge on any atom is -0.302 e. The summed E-state index contributed by atoms with van der Waals surface area (Å²) in [7, 11) is 0. The quantitative estimate of drug-likeness (QED) is 0.642. The van der Waals surface area contributed by atoms with Crippen LogP contribution >= 0.6 is 23.1 Å². The summed E-state index contributed by atoms with van der Waals surface area (Å²) >= 11 is 2.99. The lowest BCUT2D eigenvalue weighted by molar-refractivity contribution is -0.115. The Hall–Kier alpha value is -1.66. The number of Topliss-reactive ketones (excluding diaryl/α,β-unsaturated/α-hetero) is 1. The van der Waals surface area contributed by atoms with Crippen molar-refractivity contribution >= 4 is 39.9 Å². The molecule has 6 heteroatoms. The van der Waals surface area contributed by atoms with E-state index in [2.05, 4.69) is 17.2 Å². The maximum absolute atomic E-state index is 12.0. The van der Waals surface area contributed by atoms with E-state index in [4.69, 9.17) is 0 Å². The zero-order chi connectivity index (χ0) is 16.1. The Balaban J connectivity index is 1.97. The first-order chi connectivity index (χ1) is 10.5. The maximum atomic E-state index is 12.0. The summed E-state index contributed by atoms with van der Waals surface area (Å²) in [5, 5.41) is 3.23. The maximum Gasteiger partial charge on any atom is 0.230 e. The number of aryl methyl sites for hydroxylation is 1. The molecule has 0 bridgehead atoms. The lowest BCUT2D eigenvalue weighted by Gasteiger charge is -2.03. The van der Waals surface area contributed by atoms with E-state index < -0.39 is 0 Å². The van der Waals surface area contributed by atoms with E-state index in [9.17, 15) is 9.59 Å². The van der Waals surface area contributed by atoms with E-state index in [-0.39, 0.29) is 11.7 Å². The fourth-order valence-electron chi connectivity index (χ4n) is 2.00. The zero-order valence-electron chi connectivity index (χ0n) is 12.8. The number of nitrogens with one attached hydrogen (secondary N) is 1. The monoisotopic (exact) mass is 334 g/mol.